The molecule has 1 aliphatic carbocycles. The summed E-state index contributed by atoms with van der Waals surface area (Å²) in [6, 6.07) is 4.64. The summed E-state index contributed by atoms with van der Waals surface area (Å²) in [6.45, 7) is 5.07. The van der Waals surface area contributed by atoms with E-state index in [0.29, 0.717) is 25.6 Å². The van der Waals surface area contributed by atoms with Crippen LogP contribution in [0.4, 0.5) is 4.39 Å². The summed E-state index contributed by atoms with van der Waals surface area (Å²) < 4.78 is 13.4. The van der Waals surface area contributed by atoms with E-state index in [9.17, 15) is 14.0 Å². The first-order chi connectivity index (χ1) is 10.3. The van der Waals surface area contributed by atoms with Crippen molar-refractivity contribution in [3.8, 4) is 0 Å². The van der Waals surface area contributed by atoms with Crippen molar-refractivity contribution >= 4 is 11.8 Å². The molecule has 0 radical (unpaired) electrons. The van der Waals surface area contributed by atoms with E-state index in [-0.39, 0.29) is 23.0 Å². The molecule has 3 rings (SSSR count). The minimum Gasteiger partial charge on any atom is -0.342 e. The van der Waals surface area contributed by atoms with Crippen LogP contribution >= 0.6 is 0 Å². The highest BCUT2D eigenvalue weighted by atomic mass is 19.1. The lowest BCUT2D eigenvalue weighted by Crippen LogP contribution is -2.39. The van der Waals surface area contributed by atoms with Gasteiger partial charge in [-0.05, 0) is 42.5 Å². The van der Waals surface area contributed by atoms with Crippen LogP contribution in [0.3, 0.4) is 0 Å². The normalized spacial score (nSPS) is 25.8. The molecule has 0 spiro atoms. The fourth-order valence-corrected chi connectivity index (χ4v) is 3.57. The van der Waals surface area contributed by atoms with Gasteiger partial charge in [-0.1, -0.05) is 6.07 Å². The highest BCUT2D eigenvalue weighted by Gasteiger charge is 2.65. The second-order valence-corrected chi connectivity index (χ2v) is 6.69. The van der Waals surface area contributed by atoms with Crippen molar-refractivity contribution in [1.29, 1.82) is 0 Å². The van der Waals surface area contributed by atoms with Crippen molar-refractivity contribution in [3.63, 3.8) is 0 Å². The van der Waals surface area contributed by atoms with Crippen molar-refractivity contribution in [2.45, 2.75) is 26.8 Å². The fourth-order valence-electron chi connectivity index (χ4n) is 3.57. The van der Waals surface area contributed by atoms with Gasteiger partial charge in [0.05, 0.1) is 5.41 Å². The van der Waals surface area contributed by atoms with Gasteiger partial charge < -0.3 is 9.80 Å². The van der Waals surface area contributed by atoms with Gasteiger partial charge in [0.1, 0.15) is 5.82 Å². The number of nitrogens with zero attached hydrogens (tertiary/aromatic N) is 2. The van der Waals surface area contributed by atoms with E-state index in [0.717, 1.165) is 17.5 Å². The molecule has 0 N–H and O–H groups in total. The molecule has 1 aromatic rings. The molecule has 2 aliphatic rings. The monoisotopic (exact) mass is 304 g/mol. The third kappa shape index (κ3) is 2.38. The van der Waals surface area contributed by atoms with Crippen LogP contribution in [0.25, 0.3) is 0 Å². The number of carbonyl (C=O) groups excluding carboxylic acids is 2. The molecule has 5 heteroatoms. The van der Waals surface area contributed by atoms with E-state index in [1.54, 1.807) is 29.8 Å². The van der Waals surface area contributed by atoms with Gasteiger partial charge in [0.25, 0.3) is 0 Å². The largest absolute Gasteiger partial charge is 0.342 e. The number of piperidine rings is 1. The molecule has 118 valence electrons. The van der Waals surface area contributed by atoms with Gasteiger partial charge in [0.2, 0.25) is 11.8 Å². The van der Waals surface area contributed by atoms with Crippen LogP contribution in [0.2, 0.25) is 0 Å². The number of hydrogen-bond acceptors (Lipinski definition) is 2. The van der Waals surface area contributed by atoms with E-state index >= 15 is 0 Å². The predicted molar refractivity (Wildman–Crippen MR) is 80.4 cm³/mol. The Morgan fingerprint density at radius 3 is 2.82 bits per heavy atom. The van der Waals surface area contributed by atoms with Gasteiger partial charge in [-0.2, -0.15) is 0 Å². The van der Waals surface area contributed by atoms with Crippen molar-refractivity contribution in [1.82, 2.24) is 9.80 Å². The van der Waals surface area contributed by atoms with E-state index in [1.807, 2.05) is 6.92 Å². The second-order valence-electron chi connectivity index (χ2n) is 6.69. The molecule has 1 aromatic carbocycles. The Morgan fingerprint density at radius 2 is 2.18 bits per heavy atom. The molecule has 0 aromatic heterocycles. The quantitative estimate of drug-likeness (QED) is 0.856. The summed E-state index contributed by atoms with van der Waals surface area (Å²) in [4.78, 5) is 27.7. The van der Waals surface area contributed by atoms with Crippen LogP contribution in [-0.4, -0.2) is 41.8 Å². The van der Waals surface area contributed by atoms with Crippen LogP contribution in [0.5, 0.6) is 0 Å². The summed E-state index contributed by atoms with van der Waals surface area (Å²) in [5.41, 5.74) is 1.41. The maximum absolute atomic E-state index is 13.4. The number of fused-ring (bicyclic) bond motifs is 1. The molecular formula is C17H21FN2O2. The van der Waals surface area contributed by atoms with Gasteiger partial charge in [-0.3, -0.25) is 9.59 Å². The third-order valence-electron chi connectivity index (χ3n) is 5.08. The summed E-state index contributed by atoms with van der Waals surface area (Å²) in [5.74, 6) is 0.111. The van der Waals surface area contributed by atoms with Gasteiger partial charge in [-0.15, -0.1) is 0 Å². The Balaban J connectivity index is 1.71. The van der Waals surface area contributed by atoms with E-state index in [4.69, 9.17) is 0 Å². The summed E-state index contributed by atoms with van der Waals surface area (Å²) in [6.07, 6.45) is 0.863. The lowest BCUT2D eigenvalue weighted by Gasteiger charge is -2.25. The van der Waals surface area contributed by atoms with Gasteiger partial charge in [0.15, 0.2) is 0 Å². The van der Waals surface area contributed by atoms with E-state index in [2.05, 4.69) is 0 Å². The number of carbonyl (C=O) groups is 2. The topological polar surface area (TPSA) is 40.6 Å². The average Bonchev–Trinajstić information content (AvgIpc) is 3.04. The molecule has 22 heavy (non-hydrogen) atoms. The number of hydrogen-bond donors (Lipinski definition) is 0. The van der Waals surface area contributed by atoms with Crippen LogP contribution < -0.4 is 0 Å². The zero-order valence-electron chi connectivity index (χ0n) is 13.2. The second kappa shape index (κ2) is 5.07. The van der Waals surface area contributed by atoms with E-state index in [1.165, 1.54) is 12.1 Å². The van der Waals surface area contributed by atoms with Crippen LogP contribution in [0.15, 0.2) is 18.2 Å². The standard InChI is InChI=1S/C17H21FN2O2/c1-11-4-5-15(18)6-13(11)8-19(3)16(22)17-7-14(17)9-20(10-17)12(2)21/h4-6,14H,7-10H2,1-3H3. The first-order valence-corrected chi connectivity index (χ1v) is 7.59. The predicted octanol–water partition coefficient (Wildman–Crippen LogP) is 1.96. The molecule has 2 amide bonds. The molecule has 2 atom stereocenters. The van der Waals surface area contributed by atoms with Crippen molar-refractivity contribution in [2.75, 3.05) is 20.1 Å². The Bertz CT molecular complexity index is 646. The molecule has 4 nitrogen and oxygen atoms in total. The highest BCUT2D eigenvalue weighted by Crippen LogP contribution is 2.58. The number of halogens is 1. The Hall–Kier alpha value is -1.91. The fraction of sp³-hybridized carbons (Fsp3) is 0.529. The number of rotatable bonds is 3. The van der Waals surface area contributed by atoms with Crippen LogP contribution in [-0.2, 0) is 16.1 Å². The average molecular weight is 304 g/mol. The summed E-state index contributed by atoms with van der Waals surface area (Å²) >= 11 is 0. The Morgan fingerprint density at radius 1 is 1.45 bits per heavy atom. The molecule has 1 aliphatic heterocycles. The molecule has 0 bridgehead atoms. The van der Waals surface area contributed by atoms with Gasteiger partial charge >= 0.3 is 0 Å². The first-order valence-electron chi connectivity index (χ1n) is 7.59. The van der Waals surface area contributed by atoms with E-state index < -0.39 is 0 Å². The number of aryl methyl sites for hydroxylation is 1. The van der Waals surface area contributed by atoms with Crippen LogP contribution in [0, 0.1) is 24.1 Å². The molecule has 2 unspecified atom stereocenters. The Kier molecular flexibility index (Phi) is 3.46. The maximum Gasteiger partial charge on any atom is 0.230 e. The molecule has 2 fully saturated rings. The summed E-state index contributed by atoms with van der Waals surface area (Å²) in [7, 11) is 1.76. The minimum atomic E-state index is -0.387. The zero-order valence-corrected chi connectivity index (χ0v) is 13.2. The van der Waals surface area contributed by atoms with Crippen molar-refractivity contribution in [2.24, 2.45) is 11.3 Å². The van der Waals surface area contributed by atoms with Gasteiger partial charge in [-0.25, -0.2) is 4.39 Å². The van der Waals surface area contributed by atoms with Crippen LogP contribution in [0.1, 0.15) is 24.5 Å². The smallest absolute Gasteiger partial charge is 0.230 e. The summed E-state index contributed by atoms with van der Waals surface area (Å²) in [5, 5.41) is 0. The SMILES string of the molecule is CC(=O)N1CC2CC2(C(=O)N(C)Cc2cc(F)ccc2C)C1. The molecule has 1 saturated carbocycles. The highest BCUT2D eigenvalue weighted by molar-refractivity contribution is 5.88. The zero-order chi connectivity index (χ0) is 16.1. The maximum atomic E-state index is 13.4. The number of benzene rings is 1. The lowest BCUT2D eigenvalue weighted by atomic mass is 10.0. The number of likely N-dealkylation sites (tertiary alicyclic amines) is 1. The Labute approximate surface area is 129 Å². The molecule has 1 saturated heterocycles. The van der Waals surface area contributed by atoms with Crippen molar-refractivity contribution < 1.29 is 14.0 Å². The van der Waals surface area contributed by atoms with Crippen molar-refractivity contribution in [3.05, 3.63) is 35.1 Å². The molecule has 1 heterocycles. The van der Waals surface area contributed by atoms with Gasteiger partial charge in [0, 0.05) is 33.6 Å². The number of amides is 2. The minimum absolute atomic E-state index is 0.0306. The third-order valence-corrected chi connectivity index (χ3v) is 5.08. The molecular weight excluding hydrogens is 283 g/mol. The lowest BCUT2D eigenvalue weighted by molar-refractivity contribution is -0.137. The first kappa shape index (κ1) is 15.0.